The maximum atomic E-state index is 12.2. The van der Waals surface area contributed by atoms with Crippen LogP contribution < -0.4 is 14.5 Å². The summed E-state index contributed by atoms with van der Waals surface area (Å²) in [7, 11) is 0. The van der Waals surface area contributed by atoms with E-state index >= 15 is 0 Å². The number of piperazine rings is 2. The smallest absolute Gasteiger partial charge is 0.318 e. The second-order valence-electron chi connectivity index (χ2n) is 11.9. The topological polar surface area (TPSA) is 88.5 Å². The maximum absolute atomic E-state index is 12.2. The number of phenols is 1. The number of aromatic nitrogens is 2. The minimum absolute atomic E-state index is 0.0339. The predicted molar refractivity (Wildman–Crippen MR) is 174 cm³/mol. The van der Waals surface area contributed by atoms with Gasteiger partial charge in [-0.05, 0) is 37.3 Å². The number of fused-ring (bicyclic) bond motifs is 2. The van der Waals surface area contributed by atoms with Crippen LogP contribution in [0, 0.1) is 0 Å². The first-order valence-electron chi connectivity index (χ1n) is 15.7. The number of phenolic OH excluding ortho intramolecular Hbond substituents is 1. The minimum Gasteiger partial charge on any atom is -0.508 e. The summed E-state index contributed by atoms with van der Waals surface area (Å²) in [6.45, 7) is 19.4. The molecule has 3 aromatic rings. The summed E-state index contributed by atoms with van der Waals surface area (Å²) in [5.41, 5.74) is 4.22. The molecule has 1 N–H and O–H groups in total. The standard InChI is InChI=1S/C34H43N7O3/c1-4-32(43)39-17-19-40(20-18-39)33-29-10-12-41(31-23-27(42)22-26-8-5-6-9-28(26)31)24-30(29)35-34(36-33)44-21-7-11-37-13-15-38(16-14-37)25(2)3/h4-6,8-9,22-23,42H,1-2,7,10-21,24H2,3H3. The van der Waals surface area contributed by atoms with E-state index in [1.165, 1.54) is 6.08 Å². The Bertz CT molecular complexity index is 1530. The number of hydrogen-bond donors (Lipinski definition) is 1. The van der Waals surface area contributed by atoms with Crippen molar-refractivity contribution in [2.24, 2.45) is 0 Å². The fourth-order valence-electron chi connectivity index (χ4n) is 6.53. The van der Waals surface area contributed by atoms with Crippen molar-refractivity contribution in [1.29, 1.82) is 0 Å². The largest absolute Gasteiger partial charge is 0.508 e. The molecule has 44 heavy (non-hydrogen) atoms. The molecule has 0 spiro atoms. The van der Waals surface area contributed by atoms with Gasteiger partial charge in [-0.1, -0.05) is 37.4 Å². The highest BCUT2D eigenvalue weighted by molar-refractivity contribution is 5.95. The van der Waals surface area contributed by atoms with Gasteiger partial charge in [-0.2, -0.15) is 9.97 Å². The zero-order valence-corrected chi connectivity index (χ0v) is 25.7. The number of allylic oxidation sites excluding steroid dienone is 1. The summed E-state index contributed by atoms with van der Waals surface area (Å²) in [5, 5.41) is 12.6. The second-order valence-corrected chi connectivity index (χ2v) is 11.9. The van der Waals surface area contributed by atoms with Crippen LogP contribution in [-0.4, -0.2) is 108 Å². The molecule has 2 aromatic carbocycles. The third kappa shape index (κ3) is 6.45. The van der Waals surface area contributed by atoms with E-state index in [1.54, 1.807) is 6.07 Å². The summed E-state index contributed by atoms with van der Waals surface area (Å²) in [6, 6.07) is 12.2. The molecule has 0 radical (unpaired) electrons. The molecule has 0 aliphatic carbocycles. The Hall–Kier alpha value is -4.31. The van der Waals surface area contributed by atoms with Crippen LogP contribution in [0.4, 0.5) is 11.5 Å². The molecular weight excluding hydrogens is 554 g/mol. The number of carbonyl (C=O) groups excluding carboxylic acids is 1. The van der Waals surface area contributed by atoms with Crippen molar-refractivity contribution in [3.05, 3.63) is 72.6 Å². The molecule has 2 saturated heterocycles. The van der Waals surface area contributed by atoms with Crippen LogP contribution in [-0.2, 0) is 17.8 Å². The lowest BCUT2D eigenvalue weighted by atomic mass is 10.0. The number of carbonyl (C=O) groups is 1. The normalized spacial score (nSPS) is 17.5. The molecule has 232 valence electrons. The lowest BCUT2D eigenvalue weighted by molar-refractivity contribution is -0.126. The van der Waals surface area contributed by atoms with E-state index in [2.05, 4.69) is 45.7 Å². The third-order valence-corrected chi connectivity index (χ3v) is 9.02. The molecule has 10 heteroatoms. The summed E-state index contributed by atoms with van der Waals surface area (Å²) in [5.74, 6) is 1.13. The lowest BCUT2D eigenvalue weighted by Gasteiger charge is -2.38. The summed E-state index contributed by atoms with van der Waals surface area (Å²) in [4.78, 5) is 33.3. The van der Waals surface area contributed by atoms with Crippen LogP contribution in [0.15, 0.2) is 61.3 Å². The van der Waals surface area contributed by atoms with E-state index in [0.717, 1.165) is 91.3 Å². The highest BCUT2D eigenvalue weighted by atomic mass is 16.5. The highest BCUT2D eigenvalue weighted by Gasteiger charge is 2.29. The van der Waals surface area contributed by atoms with Gasteiger partial charge in [-0.15, -0.1) is 0 Å². The Balaban J connectivity index is 1.20. The first kappa shape index (κ1) is 29.7. The first-order valence-corrected chi connectivity index (χ1v) is 15.7. The molecule has 1 amide bonds. The number of rotatable bonds is 9. The lowest BCUT2D eigenvalue weighted by Crippen LogP contribution is -2.49. The predicted octanol–water partition coefficient (Wildman–Crippen LogP) is 3.65. The average Bonchev–Trinajstić information content (AvgIpc) is 3.05. The third-order valence-electron chi connectivity index (χ3n) is 9.02. The number of aromatic hydroxyl groups is 1. The monoisotopic (exact) mass is 597 g/mol. The van der Waals surface area contributed by atoms with E-state index in [-0.39, 0.29) is 11.7 Å². The SMILES string of the molecule is C=CC(=O)N1CCN(c2nc(OCCCN3CCN(C(=C)C)CC3)nc3c2CCN(c2cc(O)cc4ccccc24)C3)CC1. The van der Waals surface area contributed by atoms with Crippen LogP contribution in [0.2, 0.25) is 0 Å². The van der Waals surface area contributed by atoms with Gasteiger partial charge in [0.15, 0.2) is 0 Å². The van der Waals surface area contributed by atoms with E-state index < -0.39 is 0 Å². The molecular formula is C34H43N7O3. The second kappa shape index (κ2) is 13.1. The number of ether oxygens (including phenoxy) is 1. The Morgan fingerprint density at radius 1 is 0.977 bits per heavy atom. The Labute approximate surface area is 259 Å². The molecule has 0 bridgehead atoms. The van der Waals surface area contributed by atoms with Gasteiger partial charge in [0.1, 0.15) is 11.6 Å². The van der Waals surface area contributed by atoms with Crippen molar-refractivity contribution >= 4 is 28.2 Å². The van der Waals surface area contributed by atoms with Crippen LogP contribution in [0.1, 0.15) is 24.6 Å². The molecule has 0 saturated carbocycles. The summed E-state index contributed by atoms with van der Waals surface area (Å²) >= 11 is 0. The molecule has 4 heterocycles. The molecule has 0 atom stereocenters. The number of nitrogens with zero attached hydrogens (tertiary/aromatic N) is 7. The van der Waals surface area contributed by atoms with Crippen molar-refractivity contribution in [2.45, 2.75) is 26.3 Å². The quantitative estimate of drug-likeness (QED) is 0.293. The van der Waals surface area contributed by atoms with E-state index in [4.69, 9.17) is 14.7 Å². The Kier molecular flexibility index (Phi) is 8.88. The molecule has 10 nitrogen and oxygen atoms in total. The van der Waals surface area contributed by atoms with Crippen molar-refractivity contribution < 1.29 is 14.6 Å². The van der Waals surface area contributed by atoms with Gasteiger partial charge in [-0.25, -0.2) is 0 Å². The van der Waals surface area contributed by atoms with E-state index in [0.29, 0.717) is 45.3 Å². The fourth-order valence-corrected chi connectivity index (χ4v) is 6.53. The van der Waals surface area contributed by atoms with Crippen molar-refractivity contribution in [3.63, 3.8) is 0 Å². The number of anilines is 2. The Morgan fingerprint density at radius 3 is 2.48 bits per heavy atom. The van der Waals surface area contributed by atoms with Gasteiger partial charge in [-0.3, -0.25) is 9.69 Å². The van der Waals surface area contributed by atoms with E-state index in [1.807, 2.05) is 29.2 Å². The molecule has 0 unspecified atom stereocenters. The van der Waals surface area contributed by atoms with Gasteiger partial charge in [0.25, 0.3) is 0 Å². The average molecular weight is 598 g/mol. The molecule has 6 rings (SSSR count). The molecule has 3 aliphatic rings. The number of amides is 1. The maximum Gasteiger partial charge on any atom is 0.318 e. The van der Waals surface area contributed by atoms with Gasteiger partial charge in [0.2, 0.25) is 5.91 Å². The molecule has 2 fully saturated rings. The summed E-state index contributed by atoms with van der Waals surface area (Å²) < 4.78 is 6.22. The van der Waals surface area contributed by atoms with Gasteiger partial charge >= 0.3 is 6.01 Å². The summed E-state index contributed by atoms with van der Waals surface area (Å²) in [6.07, 6.45) is 3.05. The zero-order chi connectivity index (χ0) is 30.6. The fraction of sp³-hybridized carbons (Fsp3) is 0.441. The van der Waals surface area contributed by atoms with Crippen molar-refractivity contribution in [1.82, 2.24) is 24.7 Å². The number of benzene rings is 2. The van der Waals surface area contributed by atoms with Gasteiger partial charge in [0.05, 0.1) is 18.8 Å². The van der Waals surface area contributed by atoms with Crippen molar-refractivity contribution in [3.8, 4) is 11.8 Å². The molecule has 1 aromatic heterocycles. The Morgan fingerprint density at radius 2 is 1.73 bits per heavy atom. The highest BCUT2D eigenvalue weighted by Crippen LogP contribution is 2.36. The zero-order valence-electron chi connectivity index (χ0n) is 25.7. The van der Waals surface area contributed by atoms with Crippen LogP contribution in [0.3, 0.4) is 0 Å². The van der Waals surface area contributed by atoms with E-state index in [9.17, 15) is 9.90 Å². The number of hydrogen-bond acceptors (Lipinski definition) is 9. The van der Waals surface area contributed by atoms with Crippen LogP contribution in [0.25, 0.3) is 10.8 Å². The van der Waals surface area contributed by atoms with Gasteiger partial charge < -0.3 is 29.4 Å². The van der Waals surface area contributed by atoms with Crippen LogP contribution >= 0.6 is 0 Å². The first-order chi connectivity index (χ1) is 21.4. The van der Waals surface area contributed by atoms with Gasteiger partial charge in [0, 0.05) is 93.8 Å². The molecule has 3 aliphatic heterocycles. The minimum atomic E-state index is -0.0339. The van der Waals surface area contributed by atoms with Crippen LogP contribution in [0.5, 0.6) is 11.8 Å². The van der Waals surface area contributed by atoms with Crippen molar-refractivity contribution in [2.75, 3.05) is 81.9 Å².